The van der Waals surface area contributed by atoms with Gasteiger partial charge < -0.3 is 5.32 Å². The molecule has 1 amide bonds. The summed E-state index contributed by atoms with van der Waals surface area (Å²) >= 11 is 1.60. The number of hydrogen-bond acceptors (Lipinski definition) is 5. The number of fused-ring (bicyclic) bond motifs is 2. The number of carbonyl (C=O) groups is 1. The fraction of sp³-hybridized carbons (Fsp3) is 0.375. The molecule has 4 heterocycles. The van der Waals surface area contributed by atoms with E-state index < -0.39 is 0 Å². The Morgan fingerprint density at radius 1 is 1.20 bits per heavy atom. The summed E-state index contributed by atoms with van der Waals surface area (Å²) in [5, 5.41) is 5.04. The van der Waals surface area contributed by atoms with Gasteiger partial charge in [0.2, 0.25) is 5.91 Å². The van der Waals surface area contributed by atoms with E-state index in [2.05, 4.69) is 49.8 Å². The van der Waals surface area contributed by atoms with Crippen molar-refractivity contribution in [2.24, 2.45) is 5.41 Å². The molecule has 5 rings (SSSR count). The van der Waals surface area contributed by atoms with Crippen LogP contribution in [0.5, 0.6) is 0 Å². The average Bonchev–Trinajstić information content (AvgIpc) is 3.51. The predicted octanol–water partition coefficient (Wildman–Crippen LogP) is 3.92. The summed E-state index contributed by atoms with van der Waals surface area (Å²) in [4.78, 5) is 24.6. The molecule has 0 spiro atoms. The largest absolute Gasteiger partial charge is 0.359 e. The Kier molecular flexibility index (Phi) is 5.13. The number of benzene rings is 1. The number of thiazole rings is 1. The molecule has 1 aromatic carbocycles. The summed E-state index contributed by atoms with van der Waals surface area (Å²) < 4.78 is 0. The molecule has 0 unspecified atom stereocenters. The number of nitrogens with one attached hydrogen (secondary N) is 1. The number of rotatable bonds is 6. The molecule has 5 nitrogen and oxygen atoms in total. The van der Waals surface area contributed by atoms with Crippen LogP contribution < -0.4 is 5.32 Å². The smallest absolute Gasteiger partial charge is 0.228 e. The monoisotopic (exact) mass is 418 g/mol. The van der Waals surface area contributed by atoms with Gasteiger partial charge >= 0.3 is 0 Å². The first kappa shape index (κ1) is 19.4. The quantitative estimate of drug-likeness (QED) is 0.659. The van der Waals surface area contributed by atoms with E-state index >= 15 is 0 Å². The fourth-order valence-electron chi connectivity index (χ4n) is 5.48. The second kappa shape index (κ2) is 7.93. The van der Waals surface area contributed by atoms with E-state index in [1.165, 1.54) is 12.0 Å². The van der Waals surface area contributed by atoms with Crippen LogP contribution in [0, 0.1) is 5.41 Å². The molecule has 2 aromatic heterocycles. The summed E-state index contributed by atoms with van der Waals surface area (Å²) in [6.45, 7) is 0.883. The molecule has 1 N–H and O–H groups in total. The number of amides is 1. The second-order valence-electron chi connectivity index (χ2n) is 8.43. The first-order valence-electron chi connectivity index (χ1n) is 10.5. The minimum atomic E-state index is -0.375. The van der Waals surface area contributed by atoms with Gasteiger partial charge in [0.15, 0.2) is 0 Å². The zero-order chi connectivity index (χ0) is 20.6. The molecule has 6 heteroatoms. The minimum Gasteiger partial charge on any atom is -0.359 e. The first-order valence-corrected chi connectivity index (χ1v) is 11.5. The molecule has 3 aromatic rings. The zero-order valence-electron chi connectivity index (χ0n) is 17.1. The van der Waals surface area contributed by atoms with Crippen LogP contribution in [-0.2, 0) is 17.8 Å². The molecule has 30 heavy (non-hydrogen) atoms. The van der Waals surface area contributed by atoms with Gasteiger partial charge in [-0.05, 0) is 37.0 Å². The zero-order valence-corrected chi connectivity index (χ0v) is 17.9. The number of carbonyl (C=O) groups excluding carboxylic acids is 1. The highest BCUT2D eigenvalue weighted by Gasteiger charge is 2.59. The number of pyridine rings is 1. The highest BCUT2D eigenvalue weighted by Crippen LogP contribution is 2.52. The first-order chi connectivity index (χ1) is 14.7. The van der Waals surface area contributed by atoms with E-state index in [0.717, 1.165) is 42.8 Å². The third kappa shape index (κ3) is 3.34. The van der Waals surface area contributed by atoms with Crippen LogP contribution in [0.1, 0.15) is 30.5 Å². The second-order valence-corrected chi connectivity index (χ2v) is 9.15. The lowest BCUT2D eigenvalue weighted by Crippen LogP contribution is -2.49. The maximum Gasteiger partial charge on any atom is 0.228 e. The molecule has 2 saturated heterocycles. The molecule has 2 fully saturated rings. The molecule has 0 aliphatic carbocycles. The van der Waals surface area contributed by atoms with E-state index in [4.69, 9.17) is 0 Å². The lowest BCUT2D eigenvalue weighted by molar-refractivity contribution is -0.132. The Labute approximate surface area is 181 Å². The normalized spacial score (nSPS) is 25.5. The van der Waals surface area contributed by atoms with Gasteiger partial charge in [-0.15, -0.1) is 11.3 Å². The third-order valence-electron chi connectivity index (χ3n) is 6.82. The van der Waals surface area contributed by atoms with Crippen LogP contribution in [0.3, 0.4) is 0 Å². The SMILES string of the molecule is CNC(=O)[C@@]1(Cc2cscn2)C[C@H]2CC[C@@H]1N2Cc1ccc(-c2ccccn2)cc1. The van der Waals surface area contributed by atoms with Crippen molar-refractivity contribution in [3.05, 3.63) is 70.8 Å². The van der Waals surface area contributed by atoms with Crippen LogP contribution in [-0.4, -0.2) is 39.9 Å². The summed E-state index contributed by atoms with van der Waals surface area (Å²) in [5.41, 5.74) is 5.93. The van der Waals surface area contributed by atoms with Crippen molar-refractivity contribution in [3.63, 3.8) is 0 Å². The van der Waals surface area contributed by atoms with Gasteiger partial charge in [-0.1, -0.05) is 30.3 Å². The predicted molar refractivity (Wildman–Crippen MR) is 119 cm³/mol. The van der Waals surface area contributed by atoms with Gasteiger partial charge in [0.05, 0.1) is 22.3 Å². The lowest BCUT2D eigenvalue weighted by Gasteiger charge is -2.35. The highest BCUT2D eigenvalue weighted by atomic mass is 32.1. The van der Waals surface area contributed by atoms with Gasteiger partial charge in [-0.2, -0.15) is 0 Å². The van der Waals surface area contributed by atoms with Gasteiger partial charge in [0.25, 0.3) is 0 Å². The summed E-state index contributed by atoms with van der Waals surface area (Å²) in [5.74, 6) is 0.165. The van der Waals surface area contributed by atoms with E-state index in [1.54, 1.807) is 18.4 Å². The van der Waals surface area contributed by atoms with E-state index in [1.807, 2.05) is 29.9 Å². The Hall–Kier alpha value is -2.57. The third-order valence-corrected chi connectivity index (χ3v) is 7.45. The lowest BCUT2D eigenvalue weighted by atomic mass is 9.70. The van der Waals surface area contributed by atoms with Gasteiger partial charge in [0, 0.05) is 49.2 Å². The fourth-order valence-corrected chi connectivity index (χ4v) is 6.04. The number of aromatic nitrogens is 2. The van der Waals surface area contributed by atoms with Crippen molar-refractivity contribution < 1.29 is 4.79 Å². The van der Waals surface area contributed by atoms with Crippen LogP contribution in [0.15, 0.2) is 59.6 Å². The summed E-state index contributed by atoms with van der Waals surface area (Å²) in [7, 11) is 1.76. The Morgan fingerprint density at radius 3 is 2.77 bits per heavy atom. The van der Waals surface area contributed by atoms with Crippen molar-refractivity contribution in [3.8, 4) is 11.3 Å². The molecule has 2 aliphatic heterocycles. The number of hydrogen-bond donors (Lipinski definition) is 1. The van der Waals surface area contributed by atoms with Crippen LogP contribution >= 0.6 is 11.3 Å². The van der Waals surface area contributed by atoms with Crippen LogP contribution in [0.4, 0.5) is 0 Å². The molecule has 0 saturated carbocycles. The summed E-state index contributed by atoms with van der Waals surface area (Å²) in [6.07, 6.45) is 5.72. The van der Waals surface area contributed by atoms with Crippen molar-refractivity contribution in [1.82, 2.24) is 20.2 Å². The number of nitrogens with zero attached hydrogens (tertiary/aromatic N) is 3. The minimum absolute atomic E-state index is 0.165. The van der Waals surface area contributed by atoms with Gasteiger partial charge in [-0.25, -0.2) is 4.98 Å². The van der Waals surface area contributed by atoms with Gasteiger partial charge in [-0.3, -0.25) is 14.7 Å². The summed E-state index contributed by atoms with van der Waals surface area (Å²) in [6, 6.07) is 15.4. The molecular formula is C24H26N4OS. The standard InChI is InChI=1S/C24H26N4OS/c1-25-23(29)24(12-19-15-30-16-27-19)13-20-9-10-22(24)28(20)14-17-5-7-18(8-6-17)21-4-2-3-11-26-21/h2-8,11,15-16,20,22H,9-10,12-14H2,1H3,(H,25,29)/t20-,22+,24+/m1/s1. The topological polar surface area (TPSA) is 58.1 Å². The van der Waals surface area contributed by atoms with Crippen molar-refractivity contribution in [2.75, 3.05) is 7.05 Å². The Bertz CT molecular complexity index is 1010. The molecule has 154 valence electrons. The van der Waals surface area contributed by atoms with Gasteiger partial charge in [0.1, 0.15) is 0 Å². The Balaban J connectivity index is 1.37. The van der Waals surface area contributed by atoms with E-state index in [9.17, 15) is 4.79 Å². The average molecular weight is 419 g/mol. The molecule has 2 bridgehead atoms. The molecule has 0 radical (unpaired) electrons. The van der Waals surface area contributed by atoms with E-state index in [0.29, 0.717) is 6.04 Å². The maximum absolute atomic E-state index is 13.1. The van der Waals surface area contributed by atoms with Crippen LogP contribution in [0.25, 0.3) is 11.3 Å². The van der Waals surface area contributed by atoms with Crippen molar-refractivity contribution in [1.29, 1.82) is 0 Å². The van der Waals surface area contributed by atoms with Crippen LogP contribution in [0.2, 0.25) is 0 Å². The molecule has 3 atom stereocenters. The van der Waals surface area contributed by atoms with Crippen molar-refractivity contribution in [2.45, 2.75) is 44.3 Å². The molecular weight excluding hydrogens is 392 g/mol. The maximum atomic E-state index is 13.1. The van der Waals surface area contributed by atoms with E-state index in [-0.39, 0.29) is 17.4 Å². The highest BCUT2D eigenvalue weighted by molar-refractivity contribution is 7.07. The van der Waals surface area contributed by atoms with Crippen molar-refractivity contribution >= 4 is 17.2 Å². The molecule has 2 aliphatic rings. The Morgan fingerprint density at radius 2 is 2.07 bits per heavy atom.